The number of likely N-dealkylation sites (N-methyl/N-ethyl adjacent to an activating group) is 2. The van der Waals surface area contributed by atoms with Crippen molar-refractivity contribution in [2.75, 3.05) is 39.8 Å². The van der Waals surface area contributed by atoms with Gasteiger partial charge in [-0.3, -0.25) is 9.69 Å². The highest BCUT2D eigenvalue weighted by molar-refractivity contribution is 5.84. The molecule has 112 valence electrons. The molecule has 5 nitrogen and oxygen atoms in total. The predicted octanol–water partition coefficient (Wildman–Crippen LogP) is 0.256. The van der Waals surface area contributed by atoms with Gasteiger partial charge in [-0.05, 0) is 46.4 Å². The molecule has 1 rings (SSSR count). The zero-order valence-corrected chi connectivity index (χ0v) is 12.9. The van der Waals surface area contributed by atoms with Crippen LogP contribution in [-0.4, -0.2) is 67.1 Å². The van der Waals surface area contributed by atoms with Crippen molar-refractivity contribution >= 4 is 5.91 Å². The van der Waals surface area contributed by atoms with E-state index in [0.717, 1.165) is 39.1 Å². The average Bonchev–Trinajstić information content (AvgIpc) is 2.86. The summed E-state index contributed by atoms with van der Waals surface area (Å²) in [5, 5.41) is 3.05. The van der Waals surface area contributed by atoms with Crippen LogP contribution in [0.3, 0.4) is 0 Å². The molecular weight excluding hydrogens is 240 g/mol. The molecule has 0 radical (unpaired) electrons. The Morgan fingerprint density at radius 1 is 1.47 bits per heavy atom. The lowest BCUT2D eigenvalue weighted by atomic mass is 9.97. The Morgan fingerprint density at radius 2 is 2.11 bits per heavy atom. The standard InChI is InChI=1S/C14H30N4O/c1-5-18(6-2)12-7-9-17(11-12)10-8-14(3,16-4)13(15)19/h12,16H,5-11H2,1-4H3,(H2,15,19). The van der Waals surface area contributed by atoms with Crippen LogP contribution in [0.1, 0.15) is 33.6 Å². The number of hydrogen-bond donors (Lipinski definition) is 2. The van der Waals surface area contributed by atoms with E-state index in [1.54, 1.807) is 7.05 Å². The van der Waals surface area contributed by atoms with Crippen LogP contribution in [0.15, 0.2) is 0 Å². The molecule has 0 aromatic carbocycles. The number of carbonyl (C=O) groups excluding carboxylic acids is 1. The maximum atomic E-state index is 11.5. The van der Waals surface area contributed by atoms with Crippen LogP contribution in [0.4, 0.5) is 0 Å². The molecule has 5 heteroatoms. The molecule has 1 saturated heterocycles. The van der Waals surface area contributed by atoms with Crippen LogP contribution < -0.4 is 11.1 Å². The van der Waals surface area contributed by atoms with E-state index in [0.29, 0.717) is 6.04 Å². The van der Waals surface area contributed by atoms with E-state index in [2.05, 4.69) is 29.0 Å². The molecule has 3 N–H and O–H groups in total. The third kappa shape index (κ3) is 4.16. The van der Waals surface area contributed by atoms with E-state index in [1.807, 2.05) is 6.92 Å². The summed E-state index contributed by atoms with van der Waals surface area (Å²) in [5.74, 6) is -0.269. The number of likely N-dealkylation sites (tertiary alicyclic amines) is 1. The smallest absolute Gasteiger partial charge is 0.237 e. The lowest BCUT2D eigenvalue weighted by Crippen LogP contribution is -2.53. The van der Waals surface area contributed by atoms with E-state index in [9.17, 15) is 4.79 Å². The van der Waals surface area contributed by atoms with Crippen molar-refractivity contribution in [1.82, 2.24) is 15.1 Å². The van der Waals surface area contributed by atoms with Crippen LogP contribution in [0, 0.1) is 0 Å². The second-order valence-electron chi connectivity index (χ2n) is 5.66. The van der Waals surface area contributed by atoms with Crippen LogP contribution in [0.5, 0.6) is 0 Å². The minimum atomic E-state index is -0.590. The largest absolute Gasteiger partial charge is 0.368 e. The van der Waals surface area contributed by atoms with Crippen molar-refractivity contribution in [1.29, 1.82) is 0 Å². The second-order valence-corrected chi connectivity index (χ2v) is 5.66. The van der Waals surface area contributed by atoms with Gasteiger partial charge in [-0.25, -0.2) is 0 Å². The van der Waals surface area contributed by atoms with Crippen molar-refractivity contribution in [3.8, 4) is 0 Å². The molecule has 0 spiro atoms. The first-order valence-electron chi connectivity index (χ1n) is 7.42. The first kappa shape index (κ1) is 16.4. The highest BCUT2D eigenvalue weighted by Gasteiger charge is 2.31. The van der Waals surface area contributed by atoms with Gasteiger partial charge in [0.15, 0.2) is 0 Å². The van der Waals surface area contributed by atoms with Crippen LogP contribution >= 0.6 is 0 Å². The number of carbonyl (C=O) groups is 1. The molecule has 1 heterocycles. The van der Waals surface area contributed by atoms with Crippen molar-refractivity contribution in [3.05, 3.63) is 0 Å². The lowest BCUT2D eigenvalue weighted by Gasteiger charge is -2.29. The topological polar surface area (TPSA) is 61.6 Å². The normalized spacial score (nSPS) is 23.7. The van der Waals surface area contributed by atoms with Crippen molar-refractivity contribution in [2.45, 2.75) is 45.2 Å². The first-order valence-corrected chi connectivity index (χ1v) is 7.42. The van der Waals surface area contributed by atoms with E-state index >= 15 is 0 Å². The fraction of sp³-hybridized carbons (Fsp3) is 0.929. The maximum absolute atomic E-state index is 11.5. The molecule has 2 unspecified atom stereocenters. The zero-order valence-electron chi connectivity index (χ0n) is 12.9. The SMILES string of the molecule is CCN(CC)C1CCN(CCC(C)(NC)C(N)=O)C1. The molecule has 1 fully saturated rings. The van der Waals surface area contributed by atoms with Gasteiger partial charge >= 0.3 is 0 Å². The Hall–Kier alpha value is -0.650. The highest BCUT2D eigenvalue weighted by atomic mass is 16.1. The highest BCUT2D eigenvalue weighted by Crippen LogP contribution is 2.17. The van der Waals surface area contributed by atoms with Gasteiger partial charge in [-0.2, -0.15) is 0 Å². The number of nitrogens with two attached hydrogens (primary N) is 1. The maximum Gasteiger partial charge on any atom is 0.237 e. The summed E-state index contributed by atoms with van der Waals surface area (Å²) >= 11 is 0. The van der Waals surface area contributed by atoms with Gasteiger partial charge in [0.05, 0.1) is 5.54 Å². The summed E-state index contributed by atoms with van der Waals surface area (Å²) in [6.45, 7) is 11.7. The third-order valence-electron chi connectivity index (χ3n) is 4.60. The van der Waals surface area contributed by atoms with E-state index in [1.165, 1.54) is 6.42 Å². The quantitative estimate of drug-likeness (QED) is 0.664. The van der Waals surface area contributed by atoms with Crippen molar-refractivity contribution < 1.29 is 4.79 Å². The minimum absolute atomic E-state index is 0.269. The molecule has 0 aliphatic carbocycles. The molecule has 1 amide bonds. The number of amides is 1. The van der Waals surface area contributed by atoms with E-state index < -0.39 is 5.54 Å². The molecule has 1 aliphatic rings. The number of rotatable bonds is 8. The van der Waals surface area contributed by atoms with Crippen LogP contribution in [0.25, 0.3) is 0 Å². The van der Waals surface area contributed by atoms with Crippen LogP contribution in [0.2, 0.25) is 0 Å². The predicted molar refractivity (Wildman–Crippen MR) is 79.0 cm³/mol. The second kappa shape index (κ2) is 7.22. The molecule has 0 aromatic heterocycles. The monoisotopic (exact) mass is 270 g/mol. The van der Waals surface area contributed by atoms with Gasteiger partial charge in [-0.15, -0.1) is 0 Å². The van der Waals surface area contributed by atoms with Gasteiger partial charge in [-0.1, -0.05) is 13.8 Å². The number of nitrogens with one attached hydrogen (secondary N) is 1. The Labute approximate surface area is 117 Å². The van der Waals surface area contributed by atoms with Gasteiger partial charge in [0, 0.05) is 19.1 Å². The number of primary amides is 1. The molecule has 19 heavy (non-hydrogen) atoms. The van der Waals surface area contributed by atoms with Gasteiger partial charge in [0.25, 0.3) is 0 Å². The van der Waals surface area contributed by atoms with Gasteiger partial charge in [0.1, 0.15) is 0 Å². The Morgan fingerprint density at radius 3 is 2.58 bits per heavy atom. The minimum Gasteiger partial charge on any atom is -0.368 e. The number of hydrogen-bond acceptors (Lipinski definition) is 4. The zero-order chi connectivity index (χ0) is 14.5. The summed E-state index contributed by atoms with van der Waals surface area (Å²) in [5.41, 5.74) is 4.87. The van der Waals surface area contributed by atoms with E-state index in [4.69, 9.17) is 5.73 Å². The fourth-order valence-electron chi connectivity index (χ4n) is 2.81. The fourth-order valence-corrected chi connectivity index (χ4v) is 2.81. The molecule has 0 saturated carbocycles. The molecule has 0 bridgehead atoms. The third-order valence-corrected chi connectivity index (χ3v) is 4.60. The average molecular weight is 270 g/mol. The molecular formula is C14H30N4O. The summed E-state index contributed by atoms with van der Waals surface area (Å²) < 4.78 is 0. The Bertz CT molecular complexity index is 293. The van der Waals surface area contributed by atoms with E-state index in [-0.39, 0.29) is 5.91 Å². The van der Waals surface area contributed by atoms with Crippen molar-refractivity contribution in [3.63, 3.8) is 0 Å². The first-order chi connectivity index (χ1) is 8.96. The lowest BCUT2D eigenvalue weighted by molar-refractivity contribution is -0.124. The molecule has 1 aliphatic heterocycles. The summed E-state index contributed by atoms with van der Waals surface area (Å²) in [6.07, 6.45) is 2.00. The Balaban J connectivity index is 2.42. The number of nitrogens with zero attached hydrogens (tertiary/aromatic N) is 2. The van der Waals surface area contributed by atoms with Gasteiger partial charge < -0.3 is 16.0 Å². The van der Waals surface area contributed by atoms with Crippen LogP contribution in [-0.2, 0) is 4.79 Å². The summed E-state index contributed by atoms with van der Waals surface area (Å²) in [4.78, 5) is 16.4. The summed E-state index contributed by atoms with van der Waals surface area (Å²) in [6, 6.07) is 0.671. The summed E-state index contributed by atoms with van der Waals surface area (Å²) in [7, 11) is 1.80. The molecule has 0 aromatic rings. The van der Waals surface area contributed by atoms with Crippen molar-refractivity contribution in [2.24, 2.45) is 5.73 Å². The molecule has 2 atom stereocenters. The Kier molecular flexibility index (Phi) is 6.23. The van der Waals surface area contributed by atoms with Gasteiger partial charge in [0.2, 0.25) is 5.91 Å².